The van der Waals surface area contributed by atoms with Crippen LogP contribution in [0.15, 0.2) is 0 Å². The highest BCUT2D eigenvalue weighted by atomic mass is 16.4. The molecule has 4 N–H and O–H groups in total. The lowest BCUT2D eigenvalue weighted by atomic mass is 10.0. The first-order valence-corrected chi connectivity index (χ1v) is 11.4. The van der Waals surface area contributed by atoms with Crippen LogP contribution in [0.25, 0.3) is 0 Å². The molecular weight excluding hydrogens is 324 g/mol. The third-order valence-electron chi connectivity index (χ3n) is 4.83. The maximum absolute atomic E-state index is 9.13. The van der Waals surface area contributed by atoms with Crippen LogP contribution in [0.4, 0.5) is 4.79 Å². The molecule has 0 radical (unpaired) electrons. The maximum atomic E-state index is 9.13. The van der Waals surface area contributed by atoms with Gasteiger partial charge in [-0.25, -0.2) is 10.6 Å². The molecule has 0 aromatic heterocycles. The Morgan fingerprint density at radius 1 is 0.577 bits per heavy atom. The normalized spacial score (nSPS) is 10.3. The lowest BCUT2D eigenvalue weighted by Gasteiger charge is -2.03. The van der Waals surface area contributed by atoms with Gasteiger partial charge in [-0.3, -0.25) is 5.43 Å². The number of carboxylic acid groups (broad SMARTS) is 1. The van der Waals surface area contributed by atoms with E-state index in [9.17, 15) is 0 Å². The molecule has 4 heteroatoms. The van der Waals surface area contributed by atoms with Gasteiger partial charge < -0.3 is 5.11 Å². The molecule has 0 fully saturated rings. The van der Waals surface area contributed by atoms with Gasteiger partial charge in [0.25, 0.3) is 0 Å². The van der Waals surface area contributed by atoms with Gasteiger partial charge >= 0.3 is 6.09 Å². The van der Waals surface area contributed by atoms with Crippen LogP contribution in [-0.2, 0) is 0 Å². The molecule has 0 spiro atoms. The Hall–Kier alpha value is -0.770. The topological polar surface area (TPSA) is 75.3 Å². The molecule has 0 heterocycles. The Balaban J connectivity index is 0. The van der Waals surface area contributed by atoms with Crippen molar-refractivity contribution in [3.63, 3.8) is 0 Å². The van der Waals surface area contributed by atoms with Crippen molar-refractivity contribution in [1.29, 1.82) is 0 Å². The molecule has 4 nitrogen and oxygen atoms in total. The molecule has 0 rings (SSSR count). The van der Waals surface area contributed by atoms with Crippen molar-refractivity contribution < 1.29 is 9.90 Å². The average molecular weight is 373 g/mol. The van der Waals surface area contributed by atoms with Crippen molar-refractivity contribution in [3.05, 3.63) is 0 Å². The van der Waals surface area contributed by atoms with E-state index in [2.05, 4.69) is 19.7 Å². The van der Waals surface area contributed by atoms with Gasteiger partial charge in [-0.1, -0.05) is 136 Å². The SMILES string of the molecule is CCCCCCCCCCCCCCCCCCCCC.NNC(=O)O. The van der Waals surface area contributed by atoms with Gasteiger partial charge in [0.2, 0.25) is 0 Å². The second kappa shape index (κ2) is 26.5. The van der Waals surface area contributed by atoms with E-state index in [-0.39, 0.29) is 0 Å². The third kappa shape index (κ3) is 31.0. The third-order valence-corrected chi connectivity index (χ3v) is 4.83. The highest BCUT2D eigenvalue weighted by molar-refractivity contribution is 5.63. The number of amides is 1. The van der Waals surface area contributed by atoms with E-state index in [1.807, 2.05) is 0 Å². The smallest absolute Gasteiger partial charge is 0.418 e. The number of nitrogens with one attached hydrogen (secondary N) is 1. The second-order valence-corrected chi connectivity index (χ2v) is 7.46. The molecule has 1 amide bonds. The van der Waals surface area contributed by atoms with Crippen LogP contribution in [0.2, 0.25) is 0 Å². The van der Waals surface area contributed by atoms with Gasteiger partial charge in [-0.05, 0) is 0 Å². The van der Waals surface area contributed by atoms with E-state index >= 15 is 0 Å². The first-order valence-electron chi connectivity index (χ1n) is 11.4. The number of rotatable bonds is 18. The molecular formula is C22H48N2O2. The van der Waals surface area contributed by atoms with Gasteiger partial charge in [-0.15, -0.1) is 0 Å². The molecule has 0 aliphatic heterocycles. The first-order chi connectivity index (χ1) is 12.7. The van der Waals surface area contributed by atoms with Crippen LogP contribution in [0.1, 0.15) is 136 Å². The van der Waals surface area contributed by atoms with Gasteiger partial charge in [0.1, 0.15) is 0 Å². The predicted octanol–water partition coefficient (Wildman–Crippen LogP) is 7.57. The summed E-state index contributed by atoms with van der Waals surface area (Å²) < 4.78 is 0. The van der Waals surface area contributed by atoms with Crippen LogP contribution >= 0.6 is 0 Å². The van der Waals surface area contributed by atoms with E-state index in [1.54, 1.807) is 0 Å². The fourth-order valence-electron chi connectivity index (χ4n) is 3.15. The van der Waals surface area contributed by atoms with Gasteiger partial charge in [0, 0.05) is 0 Å². The monoisotopic (exact) mass is 372 g/mol. The van der Waals surface area contributed by atoms with E-state index in [4.69, 9.17) is 9.90 Å². The number of carbonyl (C=O) groups is 1. The lowest BCUT2D eigenvalue weighted by Crippen LogP contribution is -2.27. The average Bonchev–Trinajstić information content (AvgIpc) is 2.64. The number of nitrogens with two attached hydrogens (primary N) is 1. The highest BCUT2D eigenvalue weighted by Crippen LogP contribution is 2.14. The van der Waals surface area contributed by atoms with E-state index in [1.165, 1.54) is 127 Å². The molecule has 0 aliphatic carbocycles. The zero-order chi connectivity index (χ0) is 19.7. The van der Waals surface area contributed by atoms with E-state index in [0.29, 0.717) is 0 Å². The van der Waals surface area contributed by atoms with Gasteiger partial charge in [-0.2, -0.15) is 0 Å². The van der Waals surface area contributed by atoms with Crippen LogP contribution < -0.4 is 11.3 Å². The van der Waals surface area contributed by atoms with Crippen molar-refractivity contribution in [2.45, 2.75) is 136 Å². The zero-order valence-corrected chi connectivity index (χ0v) is 17.9. The minimum absolute atomic E-state index is 1.22. The quantitative estimate of drug-likeness (QED) is 0.100. The van der Waals surface area contributed by atoms with E-state index in [0.717, 1.165) is 0 Å². The zero-order valence-electron chi connectivity index (χ0n) is 17.9. The van der Waals surface area contributed by atoms with Crippen LogP contribution in [-0.4, -0.2) is 11.2 Å². The molecule has 0 saturated carbocycles. The fraction of sp³-hybridized carbons (Fsp3) is 0.955. The lowest BCUT2D eigenvalue weighted by molar-refractivity contribution is 0.194. The summed E-state index contributed by atoms with van der Waals surface area (Å²) in [6, 6.07) is 0. The highest BCUT2D eigenvalue weighted by Gasteiger charge is 1.94. The summed E-state index contributed by atoms with van der Waals surface area (Å²) in [5.74, 6) is 4.32. The van der Waals surface area contributed by atoms with Gasteiger partial charge in [0.05, 0.1) is 0 Å². The van der Waals surface area contributed by atoms with Crippen LogP contribution in [0.3, 0.4) is 0 Å². The molecule has 26 heavy (non-hydrogen) atoms. The Labute approximate surface area is 163 Å². The number of unbranched alkanes of at least 4 members (excludes halogenated alkanes) is 18. The van der Waals surface area contributed by atoms with Gasteiger partial charge in [0.15, 0.2) is 0 Å². The summed E-state index contributed by atoms with van der Waals surface area (Å²) >= 11 is 0. The molecule has 0 aromatic rings. The standard InChI is InChI=1S/C21H44.CH4N2O2/c1-3-5-7-9-11-13-15-17-19-21-20-18-16-14-12-10-8-6-4-2;2-3-1(4)5/h3-21H2,1-2H3;3H,2H2,(H,4,5). The van der Waals surface area contributed by atoms with Crippen LogP contribution in [0, 0.1) is 0 Å². The minimum atomic E-state index is -1.22. The molecule has 0 unspecified atom stereocenters. The maximum Gasteiger partial charge on any atom is 0.418 e. The van der Waals surface area contributed by atoms with E-state index < -0.39 is 6.09 Å². The van der Waals surface area contributed by atoms with Crippen LogP contribution in [0.5, 0.6) is 0 Å². The Kier molecular flexibility index (Phi) is 27.9. The summed E-state index contributed by atoms with van der Waals surface area (Å²) in [5, 5.41) is 7.49. The molecule has 0 aliphatic rings. The molecule has 158 valence electrons. The Morgan fingerprint density at radius 2 is 0.731 bits per heavy atom. The van der Waals surface area contributed by atoms with Crippen molar-refractivity contribution in [3.8, 4) is 0 Å². The Bertz CT molecular complexity index is 243. The van der Waals surface area contributed by atoms with Crippen molar-refractivity contribution in [2.75, 3.05) is 0 Å². The predicted molar refractivity (Wildman–Crippen MR) is 114 cm³/mol. The molecule has 0 saturated heterocycles. The molecule has 0 atom stereocenters. The minimum Gasteiger partial charge on any atom is -0.464 e. The Morgan fingerprint density at radius 3 is 0.846 bits per heavy atom. The molecule has 0 aromatic carbocycles. The summed E-state index contributed by atoms with van der Waals surface area (Å²) in [5.41, 5.74) is 1.44. The van der Waals surface area contributed by atoms with Crippen molar-refractivity contribution in [1.82, 2.24) is 5.43 Å². The first kappa shape index (κ1) is 27.4. The number of hydrogen-bond acceptors (Lipinski definition) is 2. The second-order valence-electron chi connectivity index (χ2n) is 7.46. The van der Waals surface area contributed by atoms with Crippen molar-refractivity contribution in [2.24, 2.45) is 5.84 Å². The summed E-state index contributed by atoms with van der Waals surface area (Å²) in [7, 11) is 0. The largest absolute Gasteiger partial charge is 0.464 e. The summed E-state index contributed by atoms with van der Waals surface area (Å²) in [6.45, 7) is 4.60. The number of hydrazine groups is 1. The summed E-state index contributed by atoms with van der Waals surface area (Å²) in [4.78, 5) is 9.13. The summed E-state index contributed by atoms with van der Waals surface area (Å²) in [6.07, 6.45) is 26.7. The van der Waals surface area contributed by atoms with Crippen molar-refractivity contribution >= 4 is 6.09 Å². The fourth-order valence-corrected chi connectivity index (χ4v) is 3.15. The molecule has 0 bridgehead atoms. The number of hydrogen-bond donors (Lipinski definition) is 3.